The number of nitrogens with zero attached hydrogens (tertiary/aromatic N) is 2. The normalized spacial score (nSPS) is 24.8. The number of hydrogen-bond acceptors (Lipinski definition) is 3. The Bertz CT molecular complexity index is 406. The molecule has 0 bridgehead atoms. The van der Waals surface area contributed by atoms with Gasteiger partial charge in [0.15, 0.2) is 0 Å². The molecule has 2 heterocycles. The summed E-state index contributed by atoms with van der Waals surface area (Å²) >= 11 is 0. The van der Waals surface area contributed by atoms with Crippen molar-refractivity contribution < 1.29 is 9.90 Å². The zero-order chi connectivity index (χ0) is 11.7. The van der Waals surface area contributed by atoms with Crippen LogP contribution in [0.3, 0.4) is 0 Å². The molecule has 4 heteroatoms. The SMILES string of the molecule is C[C@H]1C[C@H](C)N(c2ccncc2C(=O)O)C1. The predicted molar refractivity (Wildman–Crippen MR) is 61.8 cm³/mol. The lowest BCUT2D eigenvalue weighted by Gasteiger charge is -2.25. The molecule has 1 aliphatic heterocycles. The van der Waals surface area contributed by atoms with Crippen LogP contribution in [0, 0.1) is 5.92 Å². The number of pyridine rings is 1. The van der Waals surface area contributed by atoms with Gasteiger partial charge in [0.2, 0.25) is 0 Å². The van der Waals surface area contributed by atoms with Crippen LogP contribution in [-0.2, 0) is 0 Å². The summed E-state index contributed by atoms with van der Waals surface area (Å²) in [7, 11) is 0. The summed E-state index contributed by atoms with van der Waals surface area (Å²) in [6.45, 7) is 5.25. The zero-order valence-electron chi connectivity index (χ0n) is 9.55. The number of carboxylic acids is 1. The topological polar surface area (TPSA) is 53.4 Å². The van der Waals surface area contributed by atoms with Gasteiger partial charge in [0, 0.05) is 25.0 Å². The summed E-state index contributed by atoms with van der Waals surface area (Å²) in [6.07, 6.45) is 4.19. The van der Waals surface area contributed by atoms with E-state index in [2.05, 4.69) is 23.7 Å². The predicted octanol–water partition coefficient (Wildman–Crippen LogP) is 2.01. The first-order chi connectivity index (χ1) is 7.59. The summed E-state index contributed by atoms with van der Waals surface area (Å²) < 4.78 is 0. The van der Waals surface area contributed by atoms with E-state index in [1.54, 1.807) is 12.3 Å². The van der Waals surface area contributed by atoms with Crippen LogP contribution in [0.1, 0.15) is 30.6 Å². The molecule has 1 fully saturated rings. The number of carboxylic acid groups (broad SMARTS) is 1. The number of hydrogen-bond donors (Lipinski definition) is 1. The van der Waals surface area contributed by atoms with Gasteiger partial charge in [-0.2, -0.15) is 0 Å². The van der Waals surface area contributed by atoms with Crippen LogP contribution in [0.2, 0.25) is 0 Å². The van der Waals surface area contributed by atoms with Gasteiger partial charge < -0.3 is 10.0 Å². The monoisotopic (exact) mass is 220 g/mol. The Balaban J connectivity index is 2.36. The first-order valence-corrected chi connectivity index (χ1v) is 5.53. The van der Waals surface area contributed by atoms with Gasteiger partial charge in [-0.1, -0.05) is 6.92 Å². The van der Waals surface area contributed by atoms with Crippen molar-refractivity contribution in [2.45, 2.75) is 26.3 Å². The van der Waals surface area contributed by atoms with Crippen molar-refractivity contribution in [3.8, 4) is 0 Å². The van der Waals surface area contributed by atoms with Gasteiger partial charge in [-0.15, -0.1) is 0 Å². The summed E-state index contributed by atoms with van der Waals surface area (Å²) in [5, 5.41) is 9.11. The van der Waals surface area contributed by atoms with Gasteiger partial charge in [-0.25, -0.2) is 4.79 Å². The van der Waals surface area contributed by atoms with Crippen molar-refractivity contribution in [2.24, 2.45) is 5.92 Å². The average molecular weight is 220 g/mol. The average Bonchev–Trinajstić information content (AvgIpc) is 2.57. The Labute approximate surface area is 94.9 Å². The van der Waals surface area contributed by atoms with Gasteiger partial charge in [0.05, 0.1) is 5.69 Å². The third-order valence-corrected chi connectivity index (χ3v) is 3.12. The first-order valence-electron chi connectivity index (χ1n) is 5.53. The molecule has 4 nitrogen and oxygen atoms in total. The van der Waals surface area contributed by atoms with Crippen molar-refractivity contribution in [3.05, 3.63) is 24.0 Å². The van der Waals surface area contributed by atoms with Crippen molar-refractivity contribution in [1.82, 2.24) is 4.98 Å². The Morgan fingerprint density at radius 1 is 1.56 bits per heavy atom. The Kier molecular flexibility index (Phi) is 2.81. The minimum Gasteiger partial charge on any atom is -0.478 e. The van der Waals surface area contributed by atoms with Crippen LogP contribution in [0.4, 0.5) is 5.69 Å². The fourth-order valence-electron chi connectivity index (χ4n) is 2.44. The number of rotatable bonds is 2. The minimum absolute atomic E-state index is 0.295. The molecule has 1 aromatic heterocycles. The second kappa shape index (κ2) is 4.12. The smallest absolute Gasteiger partial charge is 0.339 e. The van der Waals surface area contributed by atoms with Gasteiger partial charge in [0.1, 0.15) is 5.56 Å². The van der Waals surface area contributed by atoms with E-state index in [1.807, 2.05) is 0 Å². The summed E-state index contributed by atoms with van der Waals surface area (Å²) in [6, 6.07) is 2.19. The van der Waals surface area contributed by atoms with E-state index in [0.29, 0.717) is 17.5 Å². The van der Waals surface area contributed by atoms with Crippen LogP contribution in [-0.4, -0.2) is 28.6 Å². The fourth-order valence-corrected chi connectivity index (χ4v) is 2.44. The van der Waals surface area contributed by atoms with Gasteiger partial charge >= 0.3 is 5.97 Å². The summed E-state index contributed by atoms with van der Waals surface area (Å²) in [4.78, 5) is 17.1. The van der Waals surface area contributed by atoms with E-state index >= 15 is 0 Å². The standard InChI is InChI=1S/C12H16N2O2/c1-8-5-9(2)14(7-8)11-3-4-13-6-10(11)12(15)16/h3-4,6,8-9H,5,7H2,1-2H3,(H,15,16)/t8-,9-/m0/s1. The molecule has 2 rings (SSSR count). The van der Waals surface area contributed by atoms with Crippen molar-refractivity contribution in [2.75, 3.05) is 11.4 Å². The molecule has 0 saturated carbocycles. The third-order valence-electron chi connectivity index (χ3n) is 3.12. The molecule has 1 aliphatic rings. The second-order valence-corrected chi connectivity index (χ2v) is 4.54. The maximum atomic E-state index is 11.1. The molecule has 0 spiro atoms. The molecular weight excluding hydrogens is 204 g/mol. The van der Waals surface area contributed by atoms with E-state index in [4.69, 9.17) is 5.11 Å². The summed E-state index contributed by atoms with van der Waals surface area (Å²) in [5.74, 6) is -0.292. The lowest BCUT2D eigenvalue weighted by atomic mass is 10.1. The van der Waals surface area contributed by atoms with Crippen LogP contribution >= 0.6 is 0 Å². The Morgan fingerprint density at radius 3 is 2.88 bits per heavy atom. The van der Waals surface area contributed by atoms with E-state index in [9.17, 15) is 4.79 Å². The summed E-state index contributed by atoms with van der Waals surface area (Å²) in [5.41, 5.74) is 1.09. The lowest BCUT2D eigenvalue weighted by molar-refractivity contribution is 0.0697. The molecule has 0 unspecified atom stereocenters. The van der Waals surface area contributed by atoms with Crippen molar-refractivity contribution >= 4 is 11.7 Å². The molecule has 1 N–H and O–H groups in total. The second-order valence-electron chi connectivity index (χ2n) is 4.54. The Hall–Kier alpha value is -1.58. The van der Waals surface area contributed by atoms with E-state index in [-0.39, 0.29) is 0 Å². The quantitative estimate of drug-likeness (QED) is 0.828. The first kappa shape index (κ1) is 10.9. The van der Waals surface area contributed by atoms with Crippen molar-refractivity contribution in [1.29, 1.82) is 0 Å². The number of anilines is 1. The van der Waals surface area contributed by atoms with Gasteiger partial charge in [-0.3, -0.25) is 4.98 Å². The highest BCUT2D eigenvalue weighted by Gasteiger charge is 2.28. The van der Waals surface area contributed by atoms with E-state index in [1.165, 1.54) is 6.20 Å². The highest BCUT2D eigenvalue weighted by Crippen LogP contribution is 2.30. The highest BCUT2D eigenvalue weighted by atomic mass is 16.4. The van der Waals surface area contributed by atoms with E-state index in [0.717, 1.165) is 18.7 Å². The molecule has 1 aromatic rings. The third kappa shape index (κ3) is 1.87. The largest absolute Gasteiger partial charge is 0.478 e. The van der Waals surface area contributed by atoms with Crippen LogP contribution < -0.4 is 4.90 Å². The molecule has 16 heavy (non-hydrogen) atoms. The molecule has 0 amide bonds. The molecule has 0 aromatic carbocycles. The molecule has 0 radical (unpaired) electrons. The maximum absolute atomic E-state index is 11.1. The van der Waals surface area contributed by atoms with Crippen LogP contribution in [0.5, 0.6) is 0 Å². The zero-order valence-corrected chi connectivity index (χ0v) is 9.55. The highest BCUT2D eigenvalue weighted by molar-refractivity contribution is 5.94. The molecular formula is C12H16N2O2. The molecule has 86 valence electrons. The number of aromatic carboxylic acids is 1. The number of carbonyl (C=O) groups is 1. The lowest BCUT2D eigenvalue weighted by Crippen LogP contribution is -2.28. The van der Waals surface area contributed by atoms with Gasteiger partial charge in [-0.05, 0) is 25.3 Å². The molecule has 1 saturated heterocycles. The fraction of sp³-hybridized carbons (Fsp3) is 0.500. The Morgan fingerprint density at radius 2 is 2.31 bits per heavy atom. The van der Waals surface area contributed by atoms with Crippen LogP contribution in [0.25, 0.3) is 0 Å². The molecule has 0 aliphatic carbocycles. The minimum atomic E-state index is -0.908. The van der Waals surface area contributed by atoms with Gasteiger partial charge in [0.25, 0.3) is 0 Å². The van der Waals surface area contributed by atoms with E-state index < -0.39 is 5.97 Å². The van der Waals surface area contributed by atoms with Crippen LogP contribution in [0.15, 0.2) is 18.5 Å². The molecule has 2 atom stereocenters. The van der Waals surface area contributed by atoms with Crippen molar-refractivity contribution in [3.63, 3.8) is 0 Å². The number of aromatic nitrogens is 1. The maximum Gasteiger partial charge on any atom is 0.339 e.